The maximum absolute atomic E-state index is 5.33. The van der Waals surface area contributed by atoms with E-state index in [1.807, 2.05) is 0 Å². The Morgan fingerprint density at radius 2 is 1.87 bits per heavy atom. The van der Waals surface area contributed by atoms with E-state index in [4.69, 9.17) is 4.74 Å². The van der Waals surface area contributed by atoms with Crippen LogP contribution in [0.2, 0.25) is 0 Å². The lowest BCUT2D eigenvalue weighted by Crippen LogP contribution is -2.36. The highest BCUT2D eigenvalue weighted by Crippen LogP contribution is 2.10. The molecule has 2 heteroatoms. The first-order valence-corrected chi connectivity index (χ1v) is 6.28. The van der Waals surface area contributed by atoms with Crippen LogP contribution < -0.4 is 5.32 Å². The smallest absolute Gasteiger partial charge is 0.0465 e. The van der Waals surface area contributed by atoms with Gasteiger partial charge in [0.2, 0.25) is 0 Å². The zero-order chi connectivity index (χ0) is 11.7. The molecule has 1 unspecified atom stereocenters. The van der Waals surface area contributed by atoms with E-state index in [0.29, 0.717) is 0 Å². The van der Waals surface area contributed by atoms with Crippen LogP contribution in [0.25, 0.3) is 0 Å². The molecule has 0 saturated carbocycles. The van der Waals surface area contributed by atoms with Crippen LogP contribution in [0.1, 0.15) is 53.9 Å². The largest absolute Gasteiger partial charge is 0.382 e. The van der Waals surface area contributed by atoms with Crippen LogP contribution >= 0.6 is 0 Å². The maximum Gasteiger partial charge on any atom is 0.0465 e. The summed E-state index contributed by atoms with van der Waals surface area (Å²) in [7, 11) is 0. The summed E-state index contributed by atoms with van der Waals surface area (Å²) in [6, 6.07) is 0. The summed E-state index contributed by atoms with van der Waals surface area (Å²) in [6.07, 6.45) is 3.75. The predicted molar refractivity (Wildman–Crippen MR) is 67.3 cm³/mol. The summed E-state index contributed by atoms with van der Waals surface area (Å²) >= 11 is 0. The van der Waals surface area contributed by atoms with Crippen molar-refractivity contribution in [1.82, 2.24) is 5.32 Å². The predicted octanol–water partition coefficient (Wildman–Crippen LogP) is 3.22. The normalized spacial score (nSPS) is 14.2. The molecule has 0 amide bonds. The van der Waals surface area contributed by atoms with Crippen molar-refractivity contribution >= 4 is 0 Å². The molecular formula is C13H29NO. The minimum Gasteiger partial charge on any atom is -0.382 e. The summed E-state index contributed by atoms with van der Waals surface area (Å²) in [5.41, 5.74) is 0.255. The summed E-state index contributed by atoms with van der Waals surface area (Å²) in [5.74, 6) is 0.806. The first-order valence-electron chi connectivity index (χ1n) is 6.28. The molecule has 0 aliphatic carbocycles. The molecule has 1 N–H and O–H groups in total. The van der Waals surface area contributed by atoms with Gasteiger partial charge in [0.25, 0.3) is 0 Å². The van der Waals surface area contributed by atoms with Crippen molar-refractivity contribution in [2.24, 2.45) is 5.92 Å². The quantitative estimate of drug-likeness (QED) is 0.628. The summed E-state index contributed by atoms with van der Waals surface area (Å²) in [6.45, 7) is 13.9. The molecule has 92 valence electrons. The van der Waals surface area contributed by atoms with Crippen LogP contribution in [-0.4, -0.2) is 25.3 Å². The fourth-order valence-corrected chi connectivity index (χ4v) is 1.52. The number of hydrogen-bond acceptors (Lipinski definition) is 2. The van der Waals surface area contributed by atoms with Gasteiger partial charge in [0.15, 0.2) is 0 Å². The van der Waals surface area contributed by atoms with E-state index in [2.05, 4.69) is 39.9 Å². The number of hydrogen-bond donors (Lipinski definition) is 1. The van der Waals surface area contributed by atoms with Gasteiger partial charge in [-0.05, 0) is 59.4 Å². The highest BCUT2D eigenvalue weighted by molar-refractivity contribution is 4.70. The zero-order valence-corrected chi connectivity index (χ0v) is 11.2. The van der Waals surface area contributed by atoms with E-state index in [9.17, 15) is 0 Å². The van der Waals surface area contributed by atoms with Gasteiger partial charge >= 0.3 is 0 Å². The van der Waals surface area contributed by atoms with Crippen molar-refractivity contribution in [1.29, 1.82) is 0 Å². The lowest BCUT2D eigenvalue weighted by Gasteiger charge is -2.21. The monoisotopic (exact) mass is 215 g/mol. The molecule has 2 nitrogen and oxygen atoms in total. The molecule has 0 saturated heterocycles. The Kier molecular flexibility index (Phi) is 8.07. The molecule has 0 spiro atoms. The molecule has 0 aromatic heterocycles. The Balaban J connectivity index is 3.29. The third-order valence-electron chi connectivity index (χ3n) is 2.48. The van der Waals surface area contributed by atoms with Crippen molar-refractivity contribution in [2.45, 2.75) is 59.4 Å². The van der Waals surface area contributed by atoms with Gasteiger partial charge in [-0.15, -0.1) is 0 Å². The fraction of sp³-hybridized carbons (Fsp3) is 1.00. The van der Waals surface area contributed by atoms with Crippen molar-refractivity contribution in [2.75, 3.05) is 19.8 Å². The molecule has 0 radical (unpaired) electrons. The van der Waals surface area contributed by atoms with Gasteiger partial charge in [0, 0.05) is 18.8 Å². The van der Waals surface area contributed by atoms with Gasteiger partial charge in [-0.1, -0.05) is 6.92 Å². The van der Waals surface area contributed by atoms with Crippen LogP contribution in [0.5, 0.6) is 0 Å². The zero-order valence-electron chi connectivity index (χ0n) is 11.2. The summed E-state index contributed by atoms with van der Waals surface area (Å²) < 4.78 is 5.33. The summed E-state index contributed by atoms with van der Waals surface area (Å²) in [4.78, 5) is 0. The average Bonchev–Trinajstić information content (AvgIpc) is 2.10. The molecule has 0 heterocycles. The van der Waals surface area contributed by atoms with Crippen LogP contribution in [0.4, 0.5) is 0 Å². The third-order valence-corrected chi connectivity index (χ3v) is 2.48. The third kappa shape index (κ3) is 11.8. The van der Waals surface area contributed by atoms with Crippen molar-refractivity contribution in [3.8, 4) is 0 Å². The molecule has 0 bridgehead atoms. The fourth-order valence-electron chi connectivity index (χ4n) is 1.52. The Bertz CT molecular complexity index is 140. The molecule has 15 heavy (non-hydrogen) atoms. The minimum absolute atomic E-state index is 0.255. The second kappa shape index (κ2) is 8.12. The highest BCUT2D eigenvalue weighted by Gasteiger charge is 2.09. The summed E-state index contributed by atoms with van der Waals surface area (Å²) in [5, 5.41) is 3.52. The van der Waals surface area contributed by atoms with E-state index in [1.165, 1.54) is 19.3 Å². The molecule has 1 atom stereocenters. The average molecular weight is 215 g/mol. The first kappa shape index (κ1) is 14.9. The Hall–Kier alpha value is -0.0800. The van der Waals surface area contributed by atoms with Crippen LogP contribution in [0.3, 0.4) is 0 Å². The van der Waals surface area contributed by atoms with Gasteiger partial charge in [0.1, 0.15) is 0 Å². The molecule has 0 rings (SSSR count). The standard InChI is InChI=1S/C13H29NO/c1-6-15-11-7-8-12(2)9-10-14-13(3,4)5/h12,14H,6-11H2,1-5H3. The second-order valence-electron chi connectivity index (χ2n) is 5.41. The highest BCUT2D eigenvalue weighted by atomic mass is 16.5. The van der Waals surface area contributed by atoms with Crippen LogP contribution in [0.15, 0.2) is 0 Å². The van der Waals surface area contributed by atoms with Crippen LogP contribution in [-0.2, 0) is 4.74 Å². The molecular weight excluding hydrogens is 186 g/mol. The Morgan fingerprint density at radius 3 is 2.40 bits per heavy atom. The van der Waals surface area contributed by atoms with E-state index in [0.717, 1.165) is 25.7 Å². The number of nitrogens with one attached hydrogen (secondary N) is 1. The lowest BCUT2D eigenvalue weighted by molar-refractivity contribution is 0.139. The first-order chi connectivity index (χ1) is 6.95. The van der Waals surface area contributed by atoms with E-state index < -0.39 is 0 Å². The minimum atomic E-state index is 0.255. The molecule has 0 aromatic carbocycles. The Morgan fingerprint density at radius 1 is 1.20 bits per heavy atom. The number of rotatable bonds is 8. The van der Waals surface area contributed by atoms with Crippen molar-refractivity contribution < 1.29 is 4.74 Å². The van der Waals surface area contributed by atoms with Gasteiger partial charge in [0.05, 0.1) is 0 Å². The van der Waals surface area contributed by atoms with Crippen molar-refractivity contribution in [3.63, 3.8) is 0 Å². The van der Waals surface area contributed by atoms with E-state index >= 15 is 0 Å². The number of ether oxygens (including phenoxy) is 1. The molecule has 0 aliphatic rings. The lowest BCUT2D eigenvalue weighted by atomic mass is 10.0. The van der Waals surface area contributed by atoms with Gasteiger partial charge in [-0.3, -0.25) is 0 Å². The van der Waals surface area contributed by atoms with E-state index in [-0.39, 0.29) is 5.54 Å². The van der Waals surface area contributed by atoms with Gasteiger partial charge < -0.3 is 10.1 Å². The van der Waals surface area contributed by atoms with Gasteiger partial charge in [-0.25, -0.2) is 0 Å². The second-order valence-corrected chi connectivity index (χ2v) is 5.41. The maximum atomic E-state index is 5.33. The topological polar surface area (TPSA) is 21.3 Å². The van der Waals surface area contributed by atoms with Gasteiger partial charge in [-0.2, -0.15) is 0 Å². The molecule has 0 aliphatic heterocycles. The molecule has 0 aromatic rings. The SMILES string of the molecule is CCOCCCC(C)CCNC(C)(C)C. The van der Waals surface area contributed by atoms with E-state index in [1.54, 1.807) is 0 Å². The molecule has 0 fully saturated rings. The van der Waals surface area contributed by atoms with Crippen LogP contribution in [0, 0.1) is 5.92 Å². The Labute approximate surface area is 95.8 Å². The van der Waals surface area contributed by atoms with Crippen molar-refractivity contribution in [3.05, 3.63) is 0 Å².